The number of rotatable bonds is 7. The lowest BCUT2D eigenvalue weighted by atomic mass is 10.3. The van der Waals surface area contributed by atoms with E-state index in [-0.39, 0.29) is 11.9 Å². The second kappa shape index (κ2) is 6.61. The molecule has 0 aliphatic heterocycles. The fourth-order valence-electron chi connectivity index (χ4n) is 1.41. The van der Waals surface area contributed by atoms with Crippen LogP contribution in [0.1, 0.15) is 19.2 Å². The van der Waals surface area contributed by atoms with Crippen LogP contribution in [0.15, 0.2) is 6.20 Å². The normalized spacial score (nSPS) is 12.6. The molecular formula is C10H18N4O2S. The minimum atomic E-state index is -0.396. The van der Waals surface area contributed by atoms with Gasteiger partial charge >= 0.3 is 5.82 Å². The fraction of sp³-hybridized carbons (Fsp3) is 0.700. The van der Waals surface area contributed by atoms with Gasteiger partial charge in [0.1, 0.15) is 12.7 Å². The van der Waals surface area contributed by atoms with Gasteiger partial charge in [0.15, 0.2) is 5.82 Å². The Kier molecular flexibility index (Phi) is 5.43. The number of aromatic nitrogens is 2. The zero-order valence-electron chi connectivity index (χ0n) is 10.1. The summed E-state index contributed by atoms with van der Waals surface area (Å²) in [6.45, 7) is 4.37. The fourth-order valence-corrected chi connectivity index (χ4v) is 2.46. The van der Waals surface area contributed by atoms with E-state index in [9.17, 15) is 10.1 Å². The number of imidazole rings is 1. The molecular weight excluding hydrogens is 240 g/mol. The molecule has 0 aliphatic rings. The van der Waals surface area contributed by atoms with Crippen LogP contribution in [0.25, 0.3) is 0 Å². The molecule has 1 aromatic heterocycles. The van der Waals surface area contributed by atoms with Crippen molar-refractivity contribution in [2.24, 2.45) is 5.73 Å². The van der Waals surface area contributed by atoms with E-state index in [1.807, 2.05) is 6.92 Å². The summed E-state index contributed by atoms with van der Waals surface area (Å²) in [5.41, 5.74) is 5.64. The Morgan fingerprint density at radius 3 is 2.94 bits per heavy atom. The molecule has 1 atom stereocenters. The smallest absolute Gasteiger partial charge is 0.342 e. The Bertz CT molecular complexity index is 378. The van der Waals surface area contributed by atoms with Crippen LogP contribution in [-0.4, -0.2) is 32.0 Å². The summed E-state index contributed by atoms with van der Waals surface area (Å²) < 4.78 is 1.64. The molecule has 0 radical (unpaired) electrons. The first-order valence-corrected chi connectivity index (χ1v) is 6.67. The van der Waals surface area contributed by atoms with Crippen LogP contribution in [0, 0.1) is 17.0 Å². The quantitative estimate of drug-likeness (QED) is 0.455. The van der Waals surface area contributed by atoms with Crippen LogP contribution in [0.3, 0.4) is 0 Å². The summed E-state index contributed by atoms with van der Waals surface area (Å²) >= 11 is 1.76. The molecule has 0 bridgehead atoms. The van der Waals surface area contributed by atoms with Crippen molar-refractivity contribution in [3.8, 4) is 0 Å². The number of nitrogens with zero attached hydrogens (tertiary/aromatic N) is 3. The summed E-state index contributed by atoms with van der Waals surface area (Å²) in [5, 5.41) is 10.7. The van der Waals surface area contributed by atoms with E-state index in [0.717, 1.165) is 17.9 Å². The average Bonchev–Trinajstić information content (AvgIpc) is 2.59. The van der Waals surface area contributed by atoms with Crippen molar-refractivity contribution in [2.75, 3.05) is 11.5 Å². The van der Waals surface area contributed by atoms with Gasteiger partial charge in [-0.3, -0.25) is 0 Å². The molecule has 6 nitrogen and oxygen atoms in total. The van der Waals surface area contributed by atoms with E-state index in [1.165, 1.54) is 6.20 Å². The van der Waals surface area contributed by atoms with Gasteiger partial charge < -0.3 is 15.8 Å². The largest absolute Gasteiger partial charge is 0.358 e. The maximum atomic E-state index is 10.7. The minimum absolute atomic E-state index is 0.0651. The molecule has 96 valence electrons. The van der Waals surface area contributed by atoms with E-state index in [0.29, 0.717) is 12.4 Å². The standard InChI is InChI=1S/C10H18N4O2S/c1-8(11)3-5-17-6-4-13-9(2)12-7-10(13)14(15)16/h7-8H,3-6,11H2,1-2H3. The van der Waals surface area contributed by atoms with Crippen LogP contribution in [-0.2, 0) is 6.54 Å². The van der Waals surface area contributed by atoms with Gasteiger partial charge in [0, 0.05) is 18.7 Å². The highest BCUT2D eigenvalue weighted by atomic mass is 32.2. The summed E-state index contributed by atoms with van der Waals surface area (Å²) in [6, 6.07) is 0.215. The zero-order chi connectivity index (χ0) is 12.8. The second-order valence-electron chi connectivity index (χ2n) is 3.95. The Labute approximate surface area is 105 Å². The van der Waals surface area contributed by atoms with E-state index in [4.69, 9.17) is 5.73 Å². The molecule has 2 N–H and O–H groups in total. The van der Waals surface area contributed by atoms with Crippen LogP contribution >= 0.6 is 11.8 Å². The molecule has 1 heterocycles. The summed E-state index contributed by atoms with van der Waals surface area (Å²) in [5.74, 6) is 2.57. The van der Waals surface area contributed by atoms with Crippen molar-refractivity contribution < 1.29 is 4.92 Å². The van der Waals surface area contributed by atoms with Crippen molar-refractivity contribution in [1.82, 2.24) is 9.55 Å². The number of nitrogens with two attached hydrogens (primary N) is 1. The Balaban J connectivity index is 2.41. The molecule has 0 saturated carbocycles. The Hall–Kier alpha value is -1.08. The predicted molar refractivity (Wildman–Crippen MR) is 69.2 cm³/mol. The number of thioether (sulfide) groups is 1. The predicted octanol–water partition coefficient (Wildman–Crippen LogP) is 1.57. The minimum Gasteiger partial charge on any atom is -0.358 e. The lowest BCUT2D eigenvalue weighted by molar-refractivity contribution is -0.392. The highest BCUT2D eigenvalue weighted by molar-refractivity contribution is 7.99. The van der Waals surface area contributed by atoms with Crippen molar-refractivity contribution in [3.05, 3.63) is 22.1 Å². The first-order valence-electron chi connectivity index (χ1n) is 5.52. The SMILES string of the molecule is Cc1ncc([N+](=O)[O-])n1CCSCCC(C)N. The lowest BCUT2D eigenvalue weighted by Gasteiger charge is -2.05. The van der Waals surface area contributed by atoms with Crippen molar-refractivity contribution in [1.29, 1.82) is 0 Å². The van der Waals surface area contributed by atoms with Crippen molar-refractivity contribution in [3.63, 3.8) is 0 Å². The van der Waals surface area contributed by atoms with Gasteiger partial charge in [-0.1, -0.05) is 0 Å². The van der Waals surface area contributed by atoms with Crippen molar-refractivity contribution in [2.45, 2.75) is 32.9 Å². The average molecular weight is 258 g/mol. The maximum Gasteiger partial charge on any atom is 0.342 e. The molecule has 1 rings (SSSR count). The molecule has 7 heteroatoms. The third-order valence-electron chi connectivity index (χ3n) is 2.40. The topological polar surface area (TPSA) is 87.0 Å². The summed E-state index contributed by atoms with van der Waals surface area (Å²) in [7, 11) is 0. The Morgan fingerprint density at radius 1 is 1.65 bits per heavy atom. The highest BCUT2D eigenvalue weighted by Gasteiger charge is 2.16. The lowest BCUT2D eigenvalue weighted by Crippen LogP contribution is -2.15. The molecule has 0 aromatic carbocycles. The second-order valence-corrected chi connectivity index (χ2v) is 5.18. The van der Waals surface area contributed by atoms with E-state index in [2.05, 4.69) is 4.98 Å². The van der Waals surface area contributed by atoms with Gasteiger partial charge in [0.2, 0.25) is 0 Å². The maximum absolute atomic E-state index is 10.7. The monoisotopic (exact) mass is 258 g/mol. The summed E-state index contributed by atoms with van der Waals surface area (Å²) in [4.78, 5) is 14.3. The van der Waals surface area contributed by atoms with Crippen LogP contribution in [0.2, 0.25) is 0 Å². The molecule has 17 heavy (non-hydrogen) atoms. The van der Waals surface area contributed by atoms with E-state index >= 15 is 0 Å². The van der Waals surface area contributed by atoms with Gasteiger partial charge in [0.05, 0.1) is 0 Å². The Morgan fingerprint density at radius 2 is 2.35 bits per heavy atom. The third-order valence-corrected chi connectivity index (χ3v) is 3.39. The molecule has 0 spiro atoms. The first-order chi connectivity index (χ1) is 8.02. The van der Waals surface area contributed by atoms with Crippen LogP contribution in [0.4, 0.5) is 5.82 Å². The molecule has 0 amide bonds. The zero-order valence-corrected chi connectivity index (χ0v) is 10.9. The van der Waals surface area contributed by atoms with Gasteiger partial charge in [-0.2, -0.15) is 11.8 Å². The molecule has 0 fully saturated rings. The number of hydrogen-bond donors (Lipinski definition) is 1. The van der Waals surface area contributed by atoms with Gasteiger partial charge in [-0.15, -0.1) is 0 Å². The van der Waals surface area contributed by atoms with E-state index in [1.54, 1.807) is 23.3 Å². The molecule has 0 saturated heterocycles. The molecule has 1 aromatic rings. The first kappa shape index (κ1) is 14.0. The van der Waals surface area contributed by atoms with Gasteiger partial charge in [-0.05, 0) is 24.0 Å². The van der Waals surface area contributed by atoms with Crippen LogP contribution in [0.5, 0.6) is 0 Å². The molecule has 1 unspecified atom stereocenters. The van der Waals surface area contributed by atoms with Crippen molar-refractivity contribution >= 4 is 17.6 Å². The van der Waals surface area contributed by atoms with Gasteiger partial charge in [0.25, 0.3) is 0 Å². The number of nitro groups is 1. The van der Waals surface area contributed by atoms with Crippen LogP contribution < -0.4 is 5.73 Å². The van der Waals surface area contributed by atoms with Gasteiger partial charge in [-0.25, -0.2) is 9.55 Å². The van der Waals surface area contributed by atoms with E-state index < -0.39 is 4.92 Å². The molecule has 0 aliphatic carbocycles. The summed E-state index contributed by atoms with van der Waals surface area (Å²) in [6.07, 6.45) is 2.28. The number of aryl methyl sites for hydroxylation is 1. The highest BCUT2D eigenvalue weighted by Crippen LogP contribution is 2.15. The third kappa shape index (κ3) is 4.35. The number of hydrogen-bond acceptors (Lipinski definition) is 5.